The van der Waals surface area contributed by atoms with Crippen LogP contribution in [0.1, 0.15) is 5.56 Å². The average Bonchev–Trinajstić information content (AvgIpc) is 2.73. The van der Waals surface area contributed by atoms with E-state index in [1.807, 2.05) is 10.6 Å². The molecule has 2 nitrogen and oxygen atoms in total. The van der Waals surface area contributed by atoms with Crippen molar-refractivity contribution in [1.29, 1.82) is 0 Å². The SMILES string of the molecule is Nc1cc(F)cc(Cn2ccc3c(F)cccc32)c1. The van der Waals surface area contributed by atoms with Crippen LogP contribution >= 0.6 is 0 Å². The van der Waals surface area contributed by atoms with Crippen LogP contribution in [0, 0.1) is 11.6 Å². The summed E-state index contributed by atoms with van der Waals surface area (Å²) >= 11 is 0. The van der Waals surface area contributed by atoms with Crippen molar-refractivity contribution in [2.75, 3.05) is 5.73 Å². The van der Waals surface area contributed by atoms with Crippen molar-refractivity contribution in [3.8, 4) is 0 Å². The van der Waals surface area contributed by atoms with Crippen LogP contribution in [0.15, 0.2) is 48.7 Å². The Hall–Kier alpha value is -2.36. The predicted molar refractivity (Wildman–Crippen MR) is 71.8 cm³/mol. The molecular weight excluding hydrogens is 246 g/mol. The highest BCUT2D eigenvalue weighted by molar-refractivity contribution is 5.80. The van der Waals surface area contributed by atoms with E-state index in [4.69, 9.17) is 5.73 Å². The molecule has 96 valence electrons. The van der Waals surface area contributed by atoms with Gasteiger partial charge in [-0.05, 0) is 42.0 Å². The minimum absolute atomic E-state index is 0.255. The fraction of sp³-hybridized carbons (Fsp3) is 0.0667. The molecule has 4 heteroatoms. The van der Waals surface area contributed by atoms with Crippen LogP contribution in [0.3, 0.4) is 0 Å². The first kappa shape index (κ1) is 11.7. The predicted octanol–water partition coefficient (Wildman–Crippen LogP) is 3.55. The largest absolute Gasteiger partial charge is 0.399 e. The standard InChI is InChI=1S/C15H12F2N2/c16-11-6-10(7-12(18)8-11)9-19-5-4-13-14(17)2-1-3-15(13)19/h1-8H,9,18H2. The molecule has 0 saturated heterocycles. The van der Waals surface area contributed by atoms with E-state index in [-0.39, 0.29) is 11.6 Å². The van der Waals surface area contributed by atoms with E-state index in [2.05, 4.69) is 0 Å². The first-order valence-corrected chi connectivity index (χ1v) is 5.92. The van der Waals surface area contributed by atoms with Gasteiger partial charge in [-0.15, -0.1) is 0 Å². The van der Waals surface area contributed by atoms with Crippen LogP contribution in [0.4, 0.5) is 14.5 Å². The number of aromatic nitrogens is 1. The van der Waals surface area contributed by atoms with E-state index in [0.717, 1.165) is 11.1 Å². The van der Waals surface area contributed by atoms with Crippen molar-refractivity contribution in [2.24, 2.45) is 0 Å². The van der Waals surface area contributed by atoms with E-state index < -0.39 is 0 Å². The Labute approximate surface area is 109 Å². The van der Waals surface area contributed by atoms with Crippen molar-refractivity contribution < 1.29 is 8.78 Å². The summed E-state index contributed by atoms with van der Waals surface area (Å²) in [5.41, 5.74) is 7.53. The lowest BCUT2D eigenvalue weighted by atomic mass is 10.2. The van der Waals surface area contributed by atoms with Crippen LogP contribution in [-0.4, -0.2) is 4.57 Å². The summed E-state index contributed by atoms with van der Waals surface area (Å²) in [6.45, 7) is 0.453. The Bertz CT molecular complexity index is 727. The molecule has 2 N–H and O–H groups in total. The quantitative estimate of drug-likeness (QED) is 0.700. The number of nitrogens with zero attached hydrogens (tertiary/aromatic N) is 1. The van der Waals surface area contributed by atoms with Gasteiger partial charge >= 0.3 is 0 Å². The number of anilines is 1. The van der Waals surface area contributed by atoms with Crippen LogP contribution < -0.4 is 5.73 Å². The molecular formula is C15H12F2N2. The first-order chi connectivity index (χ1) is 9.13. The highest BCUT2D eigenvalue weighted by Crippen LogP contribution is 2.21. The monoisotopic (exact) mass is 258 g/mol. The van der Waals surface area contributed by atoms with Gasteiger partial charge in [0.15, 0.2) is 0 Å². The fourth-order valence-corrected chi connectivity index (χ4v) is 2.29. The van der Waals surface area contributed by atoms with Crippen LogP contribution in [0.25, 0.3) is 10.9 Å². The number of rotatable bonds is 2. The summed E-state index contributed by atoms with van der Waals surface area (Å²) in [6, 6.07) is 11.1. The normalized spacial score (nSPS) is 11.1. The first-order valence-electron chi connectivity index (χ1n) is 5.92. The van der Waals surface area contributed by atoms with Gasteiger partial charge in [0.25, 0.3) is 0 Å². The van der Waals surface area contributed by atoms with Crippen LogP contribution in [0.5, 0.6) is 0 Å². The second-order valence-electron chi connectivity index (χ2n) is 4.51. The summed E-state index contributed by atoms with van der Waals surface area (Å²) in [6.07, 6.45) is 1.79. The molecule has 0 aliphatic carbocycles. The second-order valence-corrected chi connectivity index (χ2v) is 4.51. The Morgan fingerprint density at radius 2 is 1.89 bits per heavy atom. The highest BCUT2D eigenvalue weighted by atomic mass is 19.1. The van der Waals surface area contributed by atoms with Gasteiger partial charge in [-0.1, -0.05) is 6.07 Å². The maximum Gasteiger partial charge on any atom is 0.132 e. The Morgan fingerprint density at radius 1 is 1.05 bits per heavy atom. The molecule has 0 aliphatic heterocycles. The van der Waals surface area contributed by atoms with Gasteiger partial charge in [-0.25, -0.2) is 8.78 Å². The number of halogens is 2. The zero-order valence-corrected chi connectivity index (χ0v) is 10.1. The third kappa shape index (κ3) is 2.17. The van der Waals surface area contributed by atoms with Gasteiger partial charge in [-0.3, -0.25) is 0 Å². The van der Waals surface area contributed by atoms with Gasteiger partial charge < -0.3 is 10.3 Å². The number of hydrogen-bond acceptors (Lipinski definition) is 1. The Kier molecular flexibility index (Phi) is 2.71. The minimum atomic E-state index is -0.363. The van der Waals surface area contributed by atoms with E-state index in [1.165, 1.54) is 18.2 Å². The van der Waals surface area contributed by atoms with Crippen LogP contribution in [-0.2, 0) is 6.54 Å². The van der Waals surface area contributed by atoms with Crippen LogP contribution in [0.2, 0.25) is 0 Å². The van der Waals surface area contributed by atoms with Crippen molar-refractivity contribution >= 4 is 16.6 Å². The molecule has 0 unspecified atom stereocenters. The van der Waals surface area contributed by atoms with Gasteiger partial charge in [-0.2, -0.15) is 0 Å². The van der Waals surface area contributed by atoms with Crippen molar-refractivity contribution in [1.82, 2.24) is 4.57 Å². The molecule has 0 saturated carbocycles. The van der Waals surface area contributed by atoms with E-state index >= 15 is 0 Å². The molecule has 3 rings (SSSR count). The Morgan fingerprint density at radius 3 is 2.68 bits per heavy atom. The maximum absolute atomic E-state index is 13.6. The molecule has 0 spiro atoms. The number of fused-ring (bicyclic) bond motifs is 1. The van der Waals surface area contributed by atoms with E-state index in [1.54, 1.807) is 24.4 Å². The van der Waals surface area contributed by atoms with Crippen molar-refractivity contribution in [3.63, 3.8) is 0 Å². The van der Waals surface area contributed by atoms with Crippen molar-refractivity contribution in [2.45, 2.75) is 6.54 Å². The summed E-state index contributed by atoms with van der Waals surface area (Å²) in [5.74, 6) is -0.618. The number of hydrogen-bond donors (Lipinski definition) is 1. The van der Waals surface area contributed by atoms with Gasteiger partial charge in [0, 0.05) is 23.8 Å². The molecule has 0 amide bonds. The van der Waals surface area contributed by atoms with E-state index in [0.29, 0.717) is 17.6 Å². The fourth-order valence-electron chi connectivity index (χ4n) is 2.29. The van der Waals surface area contributed by atoms with E-state index in [9.17, 15) is 8.78 Å². The minimum Gasteiger partial charge on any atom is -0.399 e. The molecule has 0 fully saturated rings. The Balaban J connectivity index is 2.04. The summed E-state index contributed by atoms with van der Waals surface area (Å²) < 4.78 is 28.7. The molecule has 19 heavy (non-hydrogen) atoms. The van der Waals surface area contributed by atoms with Gasteiger partial charge in [0.1, 0.15) is 11.6 Å². The molecule has 0 bridgehead atoms. The lowest BCUT2D eigenvalue weighted by Crippen LogP contribution is -2.00. The molecule has 1 aromatic heterocycles. The summed E-state index contributed by atoms with van der Waals surface area (Å²) in [5, 5.41) is 0.562. The maximum atomic E-state index is 13.6. The molecule has 1 heterocycles. The lowest BCUT2D eigenvalue weighted by Gasteiger charge is -2.07. The van der Waals surface area contributed by atoms with Gasteiger partial charge in [0.05, 0.1) is 5.52 Å². The molecule has 0 atom stereocenters. The molecule has 0 aliphatic rings. The molecule has 3 aromatic rings. The lowest BCUT2D eigenvalue weighted by molar-refractivity contribution is 0.624. The molecule has 2 aromatic carbocycles. The zero-order chi connectivity index (χ0) is 13.4. The topological polar surface area (TPSA) is 30.9 Å². The highest BCUT2D eigenvalue weighted by Gasteiger charge is 2.06. The van der Waals surface area contributed by atoms with Gasteiger partial charge in [0.2, 0.25) is 0 Å². The summed E-state index contributed by atoms with van der Waals surface area (Å²) in [4.78, 5) is 0. The average molecular weight is 258 g/mol. The van der Waals surface area contributed by atoms with Crippen molar-refractivity contribution in [3.05, 3.63) is 65.9 Å². The third-order valence-corrected chi connectivity index (χ3v) is 3.09. The summed E-state index contributed by atoms with van der Waals surface area (Å²) in [7, 11) is 0. The number of benzene rings is 2. The smallest absolute Gasteiger partial charge is 0.132 e. The number of nitrogens with two attached hydrogens (primary N) is 1. The number of nitrogen functional groups attached to an aromatic ring is 1. The zero-order valence-electron chi connectivity index (χ0n) is 10.1. The third-order valence-electron chi connectivity index (χ3n) is 3.09. The second kappa shape index (κ2) is 4.39. The molecule has 0 radical (unpaired) electrons.